The number of aliphatic hydroxyl groups is 3. The summed E-state index contributed by atoms with van der Waals surface area (Å²) >= 11 is 0. The lowest BCUT2D eigenvalue weighted by Gasteiger charge is -2.17. The molecule has 4 atom stereocenters. The molecule has 1 aliphatic rings. The zero-order valence-electron chi connectivity index (χ0n) is 15.4. The number of nitrogens with one attached hydrogen (secondary N) is 1. The first kappa shape index (κ1) is 18.8. The van der Waals surface area contributed by atoms with Gasteiger partial charge in [0, 0.05) is 12.1 Å². The number of ether oxygens (including phenoxy) is 1. The average Bonchev–Trinajstić information content (AvgIpc) is 3.24. The molecule has 0 bridgehead atoms. The fourth-order valence-corrected chi connectivity index (χ4v) is 3.34. The Morgan fingerprint density at radius 1 is 1.14 bits per heavy atom. The molecule has 1 aromatic carbocycles. The lowest BCUT2D eigenvalue weighted by atomic mass is 10.1. The molecule has 0 spiro atoms. The number of aromatic nitrogens is 4. The van der Waals surface area contributed by atoms with E-state index in [-0.39, 0.29) is 0 Å². The fraction of sp³-hybridized carbons (Fsp3) is 0.421. The molecule has 3 heterocycles. The third-order valence-corrected chi connectivity index (χ3v) is 4.77. The van der Waals surface area contributed by atoms with Crippen molar-refractivity contribution in [3.05, 3.63) is 42.5 Å². The molecule has 9 nitrogen and oxygen atoms in total. The Morgan fingerprint density at radius 3 is 2.61 bits per heavy atom. The highest BCUT2D eigenvalue weighted by Gasteiger charge is 2.44. The van der Waals surface area contributed by atoms with Crippen molar-refractivity contribution in [3.63, 3.8) is 0 Å². The van der Waals surface area contributed by atoms with E-state index in [4.69, 9.17) is 4.74 Å². The monoisotopic (exact) mass is 385 g/mol. The predicted molar refractivity (Wildman–Crippen MR) is 102 cm³/mol. The van der Waals surface area contributed by atoms with Crippen LogP contribution in [0, 0.1) is 0 Å². The second kappa shape index (κ2) is 7.80. The fourth-order valence-electron chi connectivity index (χ4n) is 3.34. The largest absolute Gasteiger partial charge is 0.394 e. The van der Waals surface area contributed by atoms with Crippen LogP contribution in [0.2, 0.25) is 0 Å². The Bertz CT molecular complexity index is 948. The minimum Gasteiger partial charge on any atom is -0.394 e. The van der Waals surface area contributed by atoms with E-state index in [1.807, 2.05) is 37.3 Å². The van der Waals surface area contributed by atoms with Crippen molar-refractivity contribution in [1.82, 2.24) is 19.5 Å². The number of hydrogen-bond acceptors (Lipinski definition) is 8. The minimum atomic E-state index is -1.20. The lowest BCUT2D eigenvalue weighted by Crippen LogP contribution is -2.33. The quantitative estimate of drug-likeness (QED) is 0.498. The van der Waals surface area contributed by atoms with Gasteiger partial charge in [0.05, 0.1) is 12.9 Å². The molecular formula is C19H23N5O4. The number of rotatable bonds is 6. The standard InChI is InChI=1S/C19H23N5O4/c1-2-6-13-22-17(21-11-7-4-3-5-8-11)14-18(23-13)24(10-20-14)19-16(27)15(26)12(9-25)28-19/h3-5,7-8,10,12,15-16,19,25-27H,2,6,9H2,1H3,(H,21,22,23)/t12-,15?,16?,19-/m1/s1. The number of hydrogen-bond donors (Lipinski definition) is 4. The summed E-state index contributed by atoms with van der Waals surface area (Å²) in [5, 5.41) is 33.1. The number of fused-ring (bicyclic) bond motifs is 1. The molecule has 3 aromatic rings. The molecule has 148 valence electrons. The van der Waals surface area contributed by atoms with E-state index in [2.05, 4.69) is 20.3 Å². The van der Waals surface area contributed by atoms with Gasteiger partial charge in [0.15, 0.2) is 23.2 Å². The molecule has 2 unspecified atom stereocenters. The highest BCUT2D eigenvalue weighted by atomic mass is 16.6. The van der Waals surface area contributed by atoms with Gasteiger partial charge < -0.3 is 25.4 Å². The molecule has 28 heavy (non-hydrogen) atoms. The third-order valence-electron chi connectivity index (χ3n) is 4.77. The number of imidazole rings is 1. The first-order chi connectivity index (χ1) is 13.6. The number of nitrogens with zero attached hydrogens (tertiary/aromatic N) is 4. The van der Waals surface area contributed by atoms with Crippen LogP contribution in [0.25, 0.3) is 11.2 Å². The van der Waals surface area contributed by atoms with Crippen LogP contribution in [0.15, 0.2) is 36.7 Å². The van der Waals surface area contributed by atoms with Gasteiger partial charge in [0.2, 0.25) is 0 Å². The molecule has 0 saturated carbocycles. The second-order valence-electron chi connectivity index (χ2n) is 6.78. The van der Waals surface area contributed by atoms with Gasteiger partial charge in [-0.3, -0.25) is 4.57 Å². The topological polar surface area (TPSA) is 126 Å². The number of aryl methyl sites for hydroxylation is 1. The van der Waals surface area contributed by atoms with E-state index >= 15 is 0 Å². The summed E-state index contributed by atoms with van der Waals surface area (Å²) < 4.78 is 7.22. The predicted octanol–water partition coefficient (Wildman–Crippen LogP) is 1.13. The number of para-hydroxylation sites is 1. The minimum absolute atomic E-state index is 0.391. The van der Waals surface area contributed by atoms with Crippen LogP contribution in [0.5, 0.6) is 0 Å². The van der Waals surface area contributed by atoms with Gasteiger partial charge in [-0.25, -0.2) is 15.0 Å². The highest BCUT2D eigenvalue weighted by molar-refractivity contribution is 5.85. The van der Waals surface area contributed by atoms with Gasteiger partial charge in [-0.1, -0.05) is 25.1 Å². The summed E-state index contributed by atoms with van der Waals surface area (Å²) in [6, 6.07) is 9.63. The first-order valence-electron chi connectivity index (χ1n) is 9.30. The maximum Gasteiger partial charge on any atom is 0.168 e. The zero-order chi connectivity index (χ0) is 19.7. The summed E-state index contributed by atoms with van der Waals surface area (Å²) in [5.74, 6) is 1.20. The average molecular weight is 385 g/mol. The normalized spacial score (nSPS) is 24.7. The van der Waals surface area contributed by atoms with E-state index < -0.39 is 31.1 Å². The van der Waals surface area contributed by atoms with Crippen molar-refractivity contribution in [1.29, 1.82) is 0 Å². The smallest absolute Gasteiger partial charge is 0.168 e. The Labute approximate surface area is 161 Å². The number of benzene rings is 1. The summed E-state index contributed by atoms with van der Waals surface area (Å²) in [6.07, 6.45) is -1.09. The van der Waals surface area contributed by atoms with Crippen LogP contribution < -0.4 is 5.32 Å². The Morgan fingerprint density at radius 2 is 1.93 bits per heavy atom. The van der Waals surface area contributed by atoms with Crippen molar-refractivity contribution in [2.45, 2.75) is 44.3 Å². The Balaban J connectivity index is 1.77. The Hall–Kier alpha value is -2.59. The first-order valence-corrected chi connectivity index (χ1v) is 9.30. The van der Waals surface area contributed by atoms with Crippen molar-refractivity contribution >= 4 is 22.7 Å². The van der Waals surface area contributed by atoms with E-state index in [1.54, 1.807) is 4.57 Å². The van der Waals surface area contributed by atoms with E-state index in [0.717, 1.165) is 12.1 Å². The molecule has 2 aromatic heterocycles. The summed E-state index contributed by atoms with van der Waals surface area (Å²) in [6.45, 7) is 1.65. The molecule has 0 aliphatic carbocycles. The van der Waals surface area contributed by atoms with Gasteiger partial charge in [-0.15, -0.1) is 0 Å². The molecular weight excluding hydrogens is 362 g/mol. The molecule has 4 rings (SSSR count). The zero-order valence-corrected chi connectivity index (χ0v) is 15.4. The van der Waals surface area contributed by atoms with Crippen molar-refractivity contribution in [3.8, 4) is 0 Å². The van der Waals surface area contributed by atoms with E-state index in [9.17, 15) is 15.3 Å². The van der Waals surface area contributed by atoms with Crippen molar-refractivity contribution in [2.24, 2.45) is 0 Å². The molecule has 1 saturated heterocycles. The molecule has 4 N–H and O–H groups in total. The van der Waals surface area contributed by atoms with Crippen LogP contribution in [0.3, 0.4) is 0 Å². The van der Waals surface area contributed by atoms with Crippen LogP contribution in [-0.2, 0) is 11.2 Å². The summed E-state index contributed by atoms with van der Waals surface area (Å²) in [5.41, 5.74) is 1.89. The molecule has 1 fully saturated rings. The maximum atomic E-state index is 10.4. The number of aliphatic hydroxyl groups excluding tert-OH is 3. The lowest BCUT2D eigenvalue weighted by molar-refractivity contribution is -0.0511. The molecule has 0 radical (unpaired) electrons. The van der Waals surface area contributed by atoms with Crippen LogP contribution >= 0.6 is 0 Å². The molecule has 1 aliphatic heterocycles. The molecule has 0 amide bonds. The number of anilines is 2. The van der Waals surface area contributed by atoms with E-state index in [0.29, 0.717) is 29.2 Å². The summed E-state index contributed by atoms with van der Waals surface area (Å²) in [4.78, 5) is 13.6. The van der Waals surface area contributed by atoms with Crippen LogP contribution in [0.1, 0.15) is 25.4 Å². The van der Waals surface area contributed by atoms with Gasteiger partial charge in [0.25, 0.3) is 0 Å². The van der Waals surface area contributed by atoms with Crippen LogP contribution in [0.4, 0.5) is 11.5 Å². The van der Waals surface area contributed by atoms with Crippen molar-refractivity contribution < 1.29 is 20.1 Å². The van der Waals surface area contributed by atoms with Crippen molar-refractivity contribution in [2.75, 3.05) is 11.9 Å². The maximum absolute atomic E-state index is 10.4. The summed E-state index contributed by atoms with van der Waals surface area (Å²) in [7, 11) is 0. The molecule has 9 heteroatoms. The van der Waals surface area contributed by atoms with Gasteiger partial charge in [-0.2, -0.15) is 0 Å². The van der Waals surface area contributed by atoms with E-state index in [1.165, 1.54) is 6.33 Å². The highest BCUT2D eigenvalue weighted by Crippen LogP contribution is 2.33. The Kier molecular flexibility index (Phi) is 5.23. The van der Waals surface area contributed by atoms with Gasteiger partial charge in [0.1, 0.15) is 24.1 Å². The SMILES string of the molecule is CCCc1nc(Nc2ccccc2)c2ncn([C@@H]3O[C@H](CO)C(O)C3O)c2n1. The van der Waals surface area contributed by atoms with Gasteiger partial charge in [-0.05, 0) is 18.6 Å². The second-order valence-corrected chi connectivity index (χ2v) is 6.78. The third kappa shape index (κ3) is 3.33. The van der Waals surface area contributed by atoms with Crippen LogP contribution in [-0.4, -0.2) is 59.8 Å². The van der Waals surface area contributed by atoms with Gasteiger partial charge >= 0.3 is 0 Å².